The summed E-state index contributed by atoms with van der Waals surface area (Å²) in [6.07, 6.45) is 1.18. The number of rotatable bonds is 6. The third kappa shape index (κ3) is 4.70. The van der Waals surface area contributed by atoms with Gasteiger partial charge in [0.2, 0.25) is 5.76 Å². The Morgan fingerprint density at radius 3 is 2.71 bits per heavy atom. The Morgan fingerprint density at radius 1 is 1.32 bits per heavy atom. The molecule has 1 saturated heterocycles. The lowest BCUT2D eigenvalue weighted by atomic mass is 9.99. The van der Waals surface area contributed by atoms with Crippen LogP contribution in [0.2, 0.25) is 0 Å². The molecule has 0 bridgehead atoms. The van der Waals surface area contributed by atoms with Gasteiger partial charge >= 0.3 is 12.0 Å². The second-order valence-electron chi connectivity index (χ2n) is 7.18. The van der Waals surface area contributed by atoms with Gasteiger partial charge in [-0.1, -0.05) is 22.9 Å². The first-order valence-electron chi connectivity index (χ1n) is 10.1. The van der Waals surface area contributed by atoms with Crippen molar-refractivity contribution in [2.24, 2.45) is 0 Å². The lowest BCUT2D eigenvalue weighted by Crippen LogP contribution is -2.46. The monoisotopic (exact) mass is 500 g/mol. The lowest BCUT2D eigenvalue weighted by Gasteiger charge is -2.36. The third-order valence-electron chi connectivity index (χ3n) is 5.30. The van der Waals surface area contributed by atoms with Gasteiger partial charge < -0.3 is 13.9 Å². The van der Waals surface area contributed by atoms with E-state index in [9.17, 15) is 14.0 Å². The van der Waals surface area contributed by atoms with Gasteiger partial charge in [0.15, 0.2) is 11.4 Å². The number of anilines is 1. The molecular formula is C21H26BrFN2O6. The standard InChI is InChI=1S/C21H26BrFN2O6/c1-5-14-11-13(7-8-30-14)25(21(27)29-6-2)17-15-9-12(22)10-16(23)18(15)31-19(17)20(26)24(3)28-4/h9-10,13-14H,5-8,11H2,1-4H3. The predicted molar refractivity (Wildman–Crippen MR) is 116 cm³/mol. The lowest BCUT2D eigenvalue weighted by molar-refractivity contribution is -0.0772. The fourth-order valence-electron chi connectivity index (χ4n) is 3.72. The summed E-state index contributed by atoms with van der Waals surface area (Å²) in [5.74, 6) is -1.52. The second kappa shape index (κ2) is 9.97. The molecule has 2 heterocycles. The Morgan fingerprint density at radius 2 is 2.06 bits per heavy atom. The molecule has 10 heteroatoms. The van der Waals surface area contributed by atoms with Crippen molar-refractivity contribution in [3.05, 3.63) is 28.2 Å². The first-order valence-corrected chi connectivity index (χ1v) is 10.9. The Balaban J connectivity index is 2.25. The number of carbonyl (C=O) groups excluding carboxylic acids is 2. The molecule has 1 fully saturated rings. The van der Waals surface area contributed by atoms with Crippen molar-refractivity contribution in [3.8, 4) is 0 Å². The number of furan rings is 1. The van der Waals surface area contributed by atoms with Gasteiger partial charge in [-0.2, -0.15) is 0 Å². The van der Waals surface area contributed by atoms with E-state index in [-0.39, 0.29) is 41.2 Å². The van der Waals surface area contributed by atoms with Crippen LogP contribution in [0, 0.1) is 5.82 Å². The van der Waals surface area contributed by atoms with Crippen LogP contribution < -0.4 is 4.90 Å². The Labute approximate surface area is 188 Å². The fraction of sp³-hybridized carbons (Fsp3) is 0.524. The zero-order valence-corrected chi connectivity index (χ0v) is 19.5. The van der Waals surface area contributed by atoms with Gasteiger partial charge in [-0.15, -0.1) is 0 Å². The van der Waals surface area contributed by atoms with Crippen molar-refractivity contribution >= 4 is 44.6 Å². The van der Waals surface area contributed by atoms with Crippen LogP contribution in [-0.4, -0.2) is 56.6 Å². The highest BCUT2D eigenvalue weighted by Crippen LogP contribution is 2.40. The number of hydrogen-bond acceptors (Lipinski definition) is 6. The maximum atomic E-state index is 14.7. The maximum absolute atomic E-state index is 14.7. The Hall–Kier alpha value is -2.17. The third-order valence-corrected chi connectivity index (χ3v) is 5.76. The number of benzene rings is 1. The number of hydrogen-bond donors (Lipinski definition) is 0. The van der Waals surface area contributed by atoms with Crippen molar-refractivity contribution in [2.45, 2.75) is 45.3 Å². The van der Waals surface area contributed by atoms with Crippen LogP contribution in [0.4, 0.5) is 14.9 Å². The van der Waals surface area contributed by atoms with E-state index in [0.29, 0.717) is 23.9 Å². The summed E-state index contributed by atoms with van der Waals surface area (Å²) < 4.78 is 31.9. The SMILES string of the molecule is CCOC(=O)N(c1c(C(=O)N(C)OC)oc2c(F)cc(Br)cc12)C1CCOC(CC)C1. The first-order chi connectivity index (χ1) is 14.8. The van der Waals surface area contributed by atoms with Crippen molar-refractivity contribution in [2.75, 3.05) is 32.3 Å². The molecule has 0 saturated carbocycles. The highest BCUT2D eigenvalue weighted by atomic mass is 79.9. The summed E-state index contributed by atoms with van der Waals surface area (Å²) in [4.78, 5) is 32.6. The van der Waals surface area contributed by atoms with Crippen LogP contribution in [0.1, 0.15) is 43.7 Å². The molecule has 1 aliphatic heterocycles. The van der Waals surface area contributed by atoms with Gasteiger partial charge in [0, 0.05) is 29.6 Å². The zero-order valence-electron chi connectivity index (χ0n) is 17.9. The number of nitrogens with zero attached hydrogens (tertiary/aromatic N) is 2. The topological polar surface area (TPSA) is 81.5 Å². The molecule has 1 aromatic carbocycles. The summed E-state index contributed by atoms with van der Waals surface area (Å²) in [7, 11) is 2.73. The quantitative estimate of drug-likeness (QED) is 0.525. The normalized spacial score (nSPS) is 18.8. The zero-order chi connectivity index (χ0) is 22.7. The molecule has 2 unspecified atom stereocenters. The number of fused-ring (bicyclic) bond motifs is 1. The Kier molecular flexibility index (Phi) is 7.55. The van der Waals surface area contributed by atoms with E-state index < -0.39 is 17.8 Å². The van der Waals surface area contributed by atoms with E-state index in [2.05, 4.69) is 15.9 Å². The second-order valence-corrected chi connectivity index (χ2v) is 8.09. The average molecular weight is 501 g/mol. The van der Waals surface area contributed by atoms with Crippen LogP contribution in [0.15, 0.2) is 21.0 Å². The fourth-order valence-corrected chi connectivity index (χ4v) is 4.15. The maximum Gasteiger partial charge on any atom is 0.414 e. The average Bonchev–Trinajstić information content (AvgIpc) is 3.12. The van der Waals surface area contributed by atoms with Crippen molar-refractivity contribution in [3.63, 3.8) is 0 Å². The van der Waals surface area contributed by atoms with Gasteiger partial charge in [0.05, 0.1) is 19.8 Å². The molecule has 2 atom stereocenters. The molecular weight excluding hydrogens is 475 g/mol. The van der Waals surface area contributed by atoms with E-state index in [4.69, 9.17) is 18.7 Å². The summed E-state index contributed by atoms with van der Waals surface area (Å²) in [6, 6.07) is 2.53. The molecule has 1 aliphatic rings. The summed E-state index contributed by atoms with van der Waals surface area (Å²) >= 11 is 3.28. The van der Waals surface area contributed by atoms with Crippen LogP contribution in [0.5, 0.6) is 0 Å². The van der Waals surface area contributed by atoms with Crippen molar-refractivity contribution in [1.29, 1.82) is 0 Å². The molecule has 0 aliphatic carbocycles. The van der Waals surface area contributed by atoms with Crippen LogP contribution >= 0.6 is 15.9 Å². The largest absolute Gasteiger partial charge is 0.449 e. The first kappa shape index (κ1) is 23.5. The minimum absolute atomic E-state index is 0.0434. The van der Waals surface area contributed by atoms with Gasteiger partial charge in [-0.25, -0.2) is 14.2 Å². The minimum atomic E-state index is -0.660. The van der Waals surface area contributed by atoms with E-state index in [1.54, 1.807) is 13.0 Å². The molecule has 0 N–H and O–H groups in total. The van der Waals surface area contributed by atoms with Gasteiger partial charge in [-0.05, 0) is 38.3 Å². The number of ether oxygens (including phenoxy) is 2. The smallest absolute Gasteiger partial charge is 0.414 e. The molecule has 1 aromatic heterocycles. The number of halogens is 2. The molecule has 31 heavy (non-hydrogen) atoms. The van der Waals surface area contributed by atoms with Crippen LogP contribution in [0.3, 0.4) is 0 Å². The molecule has 8 nitrogen and oxygen atoms in total. The van der Waals surface area contributed by atoms with E-state index in [0.717, 1.165) is 11.5 Å². The minimum Gasteiger partial charge on any atom is -0.449 e. The van der Waals surface area contributed by atoms with Crippen LogP contribution in [-0.2, 0) is 14.3 Å². The molecule has 170 valence electrons. The highest BCUT2D eigenvalue weighted by molar-refractivity contribution is 9.10. The molecule has 0 radical (unpaired) electrons. The molecule has 2 aromatic rings. The summed E-state index contributed by atoms with van der Waals surface area (Å²) in [5, 5.41) is 1.24. The summed E-state index contributed by atoms with van der Waals surface area (Å²) in [6.45, 7) is 4.30. The number of hydroxylamine groups is 2. The summed E-state index contributed by atoms with van der Waals surface area (Å²) in [5.41, 5.74) is 0.0313. The van der Waals surface area contributed by atoms with Gasteiger partial charge in [-0.3, -0.25) is 14.5 Å². The Bertz CT molecular complexity index is 965. The number of carbonyl (C=O) groups is 2. The number of amides is 2. The highest BCUT2D eigenvalue weighted by Gasteiger charge is 2.38. The molecule has 3 rings (SSSR count). The van der Waals surface area contributed by atoms with Crippen molar-refractivity contribution < 1.29 is 32.7 Å². The van der Waals surface area contributed by atoms with E-state index >= 15 is 0 Å². The van der Waals surface area contributed by atoms with Crippen LogP contribution in [0.25, 0.3) is 11.0 Å². The van der Waals surface area contributed by atoms with E-state index in [1.165, 1.54) is 25.1 Å². The molecule has 0 spiro atoms. The van der Waals surface area contributed by atoms with Crippen molar-refractivity contribution in [1.82, 2.24) is 5.06 Å². The predicted octanol–water partition coefficient (Wildman–Crippen LogP) is 4.89. The van der Waals surface area contributed by atoms with Gasteiger partial charge in [0.25, 0.3) is 0 Å². The van der Waals surface area contributed by atoms with E-state index in [1.807, 2.05) is 6.92 Å². The molecule has 2 amide bonds. The van der Waals surface area contributed by atoms with Gasteiger partial charge in [0.1, 0.15) is 5.69 Å².